The third-order valence-corrected chi connectivity index (χ3v) is 6.96. The summed E-state index contributed by atoms with van der Waals surface area (Å²) >= 11 is 0. The fourth-order valence-corrected chi connectivity index (χ4v) is 5.48. The van der Waals surface area contributed by atoms with Gasteiger partial charge in [-0.25, -0.2) is 4.98 Å². The van der Waals surface area contributed by atoms with Gasteiger partial charge in [0.05, 0.1) is 30.0 Å². The molecule has 9 heteroatoms. The van der Waals surface area contributed by atoms with Crippen LogP contribution in [0.5, 0.6) is 0 Å². The summed E-state index contributed by atoms with van der Waals surface area (Å²) in [6.45, 7) is 6.36. The molecular formula is C21H25F3N4O2. The molecule has 1 saturated heterocycles. The van der Waals surface area contributed by atoms with Gasteiger partial charge in [0.1, 0.15) is 11.9 Å². The highest BCUT2D eigenvalue weighted by atomic mass is 19.4. The SMILES string of the molecule is Cc1ncc(-c2cn(C34CC(N5CCOCC5)(C3)C4)c(C(C)O)n2)cc1C(F)(F)F. The van der Waals surface area contributed by atoms with E-state index in [1.807, 2.05) is 4.57 Å². The fourth-order valence-electron chi connectivity index (χ4n) is 5.48. The van der Waals surface area contributed by atoms with E-state index in [-0.39, 0.29) is 16.8 Å². The van der Waals surface area contributed by atoms with Crippen LogP contribution in [-0.2, 0) is 16.5 Å². The number of morpholine rings is 1. The molecule has 4 aliphatic rings. The van der Waals surface area contributed by atoms with Crippen LogP contribution >= 0.6 is 0 Å². The van der Waals surface area contributed by atoms with Gasteiger partial charge in [0.15, 0.2) is 0 Å². The number of aromatic nitrogens is 3. The van der Waals surface area contributed by atoms with E-state index in [1.165, 1.54) is 13.1 Å². The van der Waals surface area contributed by atoms with Gasteiger partial charge in [-0.1, -0.05) is 0 Å². The van der Waals surface area contributed by atoms with Crippen molar-refractivity contribution in [3.8, 4) is 11.3 Å². The molecule has 1 N–H and O–H groups in total. The Morgan fingerprint density at radius 2 is 1.83 bits per heavy atom. The number of aryl methyl sites for hydroxylation is 1. The number of alkyl halides is 3. The van der Waals surface area contributed by atoms with Gasteiger partial charge in [0, 0.05) is 42.3 Å². The summed E-state index contributed by atoms with van der Waals surface area (Å²) in [5.41, 5.74) is -0.0183. The topological polar surface area (TPSA) is 63.4 Å². The summed E-state index contributed by atoms with van der Waals surface area (Å²) < 4.78 is 47.4. The maximum Gasteiger partial charge on any atom is 0.418 e. The number of rotatable bonds is 4. The number of nitrogens with zero attached hydrogens (tertiary/aromatic N) is 4. The normalized spacial score (nSPS) is 29.9. The number of halogens is 3. The zero-order valence-electron chi connectivity index (χ0n) is 17.0. The van der Waals surface area contributed by atoms with Crippen molar-refractivity contribution in [3.63, 3.8) is 0 Å². The van der Waals surface area contributed by atoms with Gasteiger partial charge in [-0.3, -0.25) is 9.88 Å². The molecule has 0 amide bonds. The van der Waals surface area contributed by atoms with Crippen molar-refractivity contribution in [1.29, 1.82) is 0 Å². The van der Waals surface area contributed by atoms with E-state index in [0.717, 1.165) is 51.6 Å². The lowest BCUT2D eigenvalue weighted by Crippen LogP contribution is -2.79. The van der Waals surface area contributed by atoms with Gasteiger partial charge >= 0.3 is 6.18 Å². The number of aliphatic hydroxyl groups excluding tert-OH is 1. The molecule has 3 heterocycles. The Kier molecular flexibility index (Phi) is 4.33. The number of ether oxygens (including phenoxy) is 1. The molecule has 0 radical (unpaired) electrons. The molecule has 162 valence electrons. The van der Waals surface area contributed by atoms with Crippen LogP contribution in [0.25, 0.3) is 11.3 Å². The van der Waals surface area contributed by atoms with Gasteiger partial charge in [-0.15, -0.1) is 0 Å². The van der Waals surface area contributed by atoms with Gasteiger partial charge in [0.25, 0.3) is 0 Å². The number of hydrogen-bond donors (Lipinski definition) is 1. The van der Waals surface area contributed by atoms with E-state index in [0.29, 0.717) is 17.1 Å². The lowest BCUT2D eigenvalue weighted by molar-refractivity contribution is -0.221. The molecule has 2 aromatic heterocycles. The third-order valence-electron chi connectivity index (χ3n) is 6.96. The predicted octanol–water partition coefficient (Wildman–Crippen LogP) is 3.29. The van der Waals surface area contributed by atoms with Gasteiger partial charge in [0.2, 0.25) is 0 Å². The molecule has 1 atom stereocenters. The quantitative estimate of drug-likeness (QED) is 0.819. The van der Waals surface area contributed by atoms with Crippen LogP contribution in [0.4, 0.5) is 13.2 Å². The molecule has 3 aliphatic carbocycles. The van der Waals surface area contributed by atoms with Crippen LogP contribution in [0, 0.1) is 6.92 Å². The largest absolute Gasteiger partial charge is 0.418 e. The molecule has 2 bridgehead atoms. The Morgan fingerprint density at radius 3 is 2.43 bits per heavy atom. The Labute approximate surface area is 172 Å². The standard InChI is InChI=1S/C21H25F3N4O2/c1-13-16(21(22,23)24)7-15(8-25-13)17-9-28(18(26-17)14(2)29)20-10-19(11-20,12-20)27-3-5-30-6-4-27/h7-9,14,29H,3-6,10-12H2,1-2H3. The van der Waals surface area contributed by atoms with E-state index in [4.69, 9.17) is 4.74 Å². The molecule has 6 rings (SSSR count). The Balaban J connectivity index is 1.45. The van der Waals surface area contributed by atoms with E-state index < -0.39 is 17.8 Å². The summed E-state index contributed by atoms with van der Waals surface area (Å²) in [6, 6.07) is 1.10. The Bertz CT molecular complexity index is 959. The van der Waals surface area contributed by atoms with E-state index in [1.54, 1.807) is 13.1 Å². The summed E-state index contributed by atoms with van der Waals surface area (Å²) in [7, 11) is 0. The smallest absolute Gasteiger partial charge is 0.385 e. The molecule has 0 spiro atoms. The van der Waals surface area contributed by atoms with Crippen molar-refractivity contribution in [2.75, 3.05) is 26.3 Å². The summed E-state index contributed by atoms with van der Waals surface area (Å²) in [6.07, 6.45) is 0.825. The van der Waals surface area contributed by atoms with Crippen molar-refractivity contribution < 1.29 is 23.0 Å². The minimum atomic E-state index is -4.47. The molecule has 1 aliphatic heterocycles. The van der Waals surface area contributed by atoms with E-state index in [9.17, 15) is 18.3 Å². The molecular weight excluding hydrogens is 397 g/mol. The van der Waals surface area contributed by atoms with Crippen LogP contribution in [0.15, 0.2) is 18.5 Å². The molecule has 30 heavy (non-hydrogen) atoms. The van der Waals surface area contributed by atoms with Crippen molar-refractivity contribution >= 4 is 0 Å². The molecule has 0 aromatic carbocycles. The van der Waals surface area contributed by atoms with Crippen LogP contribution in [-0.4, -0.2) is 56.4 Å². The number of imidazole rings is 1. The lowest BCUT2D eigenvalue weighted by Gasteiger charge is -2.74. The minimum Gasteiger partial charge on any atom is -0.385 e. The van der Waals surface area contributed by atoms with Crippen LogP contribution in [0.2, 0.25) is 0 Å². The Morgan fingerprint density at radius 1 is 1.17 bits per heavy atom. The van der Waals surface area contributed by atoms with Crippen molar-refractivity contribution in [1.82, 2.24) is 19.4 Å². The van der Waals surface area contributed by atoms with Crippen molar-refractivity contribution in [2.45, 2.75) is 56.5 Å². The Hall–Kier alpha value is -1.97. The first-order valence-corrected chi connectivity index (χ1v) is 10.3. The molecule has 4 fully saturated rings. The molecule has 3 saturated carbocycles. The maximum atomic E-state index is 13.3. The minimum absolute atomic E-state index is 0.0618. The first kappa shape index (κ1) is 20.0. The van der Waals surface area contributed by atoms with Crippen LogP contribution in [0.1, 0.15) is 49.4 Å². The van der Waals surface area contributed by atoms with Crippen molar-refractivity contribution in [2.24, 2.45) is 0 Å². The predicted molar refractivity (Wildman–Crippen MR) is 103 cm³/mol. The first-order chi connectivity index (χ1) is 14.1. The molecule has 1 unspecified atom stereocenters. The monoisotopic (exact) mass is 422 g/mol. The van der Waals surface area contributed by atoms with Crippen LogP contribution in [0.3, 0.4) is 0 Å². The summed E-state index contributed by atoms with van der Waals surface area (Å²) in [4.78, 5) is 10.9. The lowest BCUT2D eigenvalue weighted by atomic mass is 9.43. The van der Waals surface area contributed by atoms with E-state index in [2.05, 4.69) is 14.9 Å². The highest BCUT2D eigenvalue weighted by Gasteiger charge is 2.71. The first-order valence-electron chi connectivity index (χ1n) is 10.3. The zero-order chi connectivity index (χ0) is 21.3. The van der Waals surface area contributed by atoms with Crippen molar-refractivity contribution in [3.05, 3.63) is 35.5 Å². The number of hydrogen-bond acceptors (Lipinski definition) is 5. The molecule has 2 aromatic rings. The summed E-state index contributed by atoms with van der Waals surface area (Å²) in [5, 5.41) is 10.3. The van der Waals surface area contributed by atoms with Gasteiger partial charge in [-0.05, 0) is 39.2 Å². The maximum absolute atomic E-state index is 13.3. The highest BCUT2D eigenvalue weighted by Crippen LogP contribution is 2.68. The van der Waals surface area contributed by atoms with E-state index >= 15 is 0 Å². The second kappa shape index (κ2) is 6.51. The fraction of sp³-hybridized carbons (Fsp3) is 0.619. The second-order valence-corrected chi connectivity index (χ2v) is 8.96. The third kappa shape index (κ3) is 2.90. The van der Waals surface area contributed by atoms with Crippen LogP contribution < -0.4 is 0 Å². The zero-order valence-corrected chi connectivity index (χ0v) is 17.0. The average molecular weight is 422 g/mol. The molecule has 6 nitrogen and oxygen atoms in total. The summed E-state index contributed by atoms with van der Waals surface area (Å²) in [5.74, 6) is 0.495. The number of aliphatic hydroxyl groups is 1. The highest BCUT2D eigenvalue weighted by molar-refractivity contribution is 5.60. The van der Waals surface area contributed by atoms with Gasteiger partial charge < -0.3 is 14.4 Å². The average Bonchev–Trinajstić information content (AvgIpc) is 3.05. The second-order valence-electron chi connectivity index (χ2n) is 8.96. The number of pyridine rings is 1. The van der Waals surface area contributed by atoms with Gasteiger partial charge in [-0.2, -0.15) is 13.2 Å².